The SMILES string of the molecule is C=C(C)CC(C)CC(C)CC. The van der Waals surface area contributed by atoms with E-state index < -0.39 is 0 Å². The summed E-state index contributed by atoms with van der Waals surface area (Å²) in [6, 6.07) is 0. The summed E-state index contributed by atoms with van der Waals surface area (Å²) < 4.78 is 0. The first-order valence-electron chi connectivity index (χ1n) is 4.70. The van der Waals surface area contributed by atoms with Gasteiger partial charge in [0.15, 0.2) is 0 Å². The highest BCUT2D eigenvalue weighted by Crippen LogP contribution is 2.19. The summed E-state index contributed by atoms with van der Waals surface area (Å²) in [5, 5.41) is 0. The first-order chi connectivity index (χ1) is 5.06. The Morgan fingerprint density at radius 3 is 2.18 bits per heavy atom. The number of rotatable bonds is 5. The molecule has 0 aromatic rings. The average Bonchev–Trinajstić information content (AvgIpc) is 1.85. The van der Waals surface area contributed by atoms with Gasteiger partial charge in [0, 0.05) is 0 Å². The lowest BCUT2D eigenvalue weighted by atomic mass is 9.91. The largest absolute Gasteiger partial charge is 0.100 e. The number of hydrogen-bond donors (Lipinski definition) is 0. The van der Waals surface area contributed by atoms with E-state index in [-0.39, 0.29) is 0 Å². The lowest BCUT2D eigenvalue weighted by Gasteiger charge is -2.15. The van der Waals surface area contributed by atoms with Crippen molar-refractivity contribution in [3.8, 4) is 0 Å². The van der Waals surface area contributed by atoms with Gasteiger partial charge in [0.1, 0.15) is 0 Å². The van der Waals surface area contributed by atoms with Gasteiger partial charge in [-0.05, 0) is 31.6 Å². The molecule has 0 fully saturated rings. The Morgan fingerprint density at radius 2 is 1.82 bits per heavy atom. The van der Waals surface area contributed by atoms with Crippen molar-refractivity contribution in [3.05, 3.63) is 12.2 Å². The van der Waals surface area contributed by atoms with E-state index in [1.54, 1.807) is 0 Å². The van der Waals surface area contributed by atoms with Gasteiger partial charge < -0.3 is 0 Å². The molecule has 2 unspecified atom stereocenters. The second-order valence-electron chi connectivity index (χ2n) is 4.02. The molecular formula is C11H22. The van der Waals surface area contributed by atoms with E-state index in [1.807, 2.05) is 0 Å². The standard InChI is InChI=1S/C11H22/c1-6-10(4)8-11(5)7-9(2)3/h10-11H,2,6-8H2,1,3-5H3. The molecule has 0 aliphatic heterocycles. The predicted octanol–water partition coefficient (Wildman–Crippen LogP) is 4.02. The van der Waals surface area contributed by atoms with Crippen LogP contribution in [-0.4, -0.2) is 0 Å². The molecule has 0 bridgehead atoms. The maximum absolute atomic E-state index is 3.93. The molecule has 66 valence electrons. The Balaban J connectivity index is 3.51. The normalized spacial score (nSPS) is 16.0. The highest BCUT2D eigenvalue weighted by atomic mass is 14.1. The minimum Gasteiger partial charge on any atom is -0.100 e. The van der Waals surface area contributed by atoms with Gasteiger partial charge in [-0.25, -0.2) is 0 Å². The first-order valence-corrected chi connectivity index (χ1v) is 4.70. The zero-order valence-corrected chi connectivity index (χ0v) is 8.48. The fourth-order valence-electron chi connectivity index (χ4n) is 1.53. The number of hydrogen-bond acceptors (Lipinski definition) is 0. The Kier molecular flexibility index (Phi) is 5.27. The maximum Gasteiger partial charge on any atom is -0.0300 e. The van der Waals surface area contributed by atoms with Gasteiger partial charge in [0.2, 0.25) is 0 Å². The van der Waals surface area contributed by atoms with Gasteiger partial charge in [-0.3, -0.25) is 0 Å². The average molecular weight is 154 g/mol. The molecule has 0 spiro atoms. The molecule has 2 atom stereocenters. The molecule has 0 aliphatic rings. The third-order valence-corrected chi connectivity index (χ3v) is 2.20. The van der Waals surface area contributed by atoms with Gasteiger partial charge in [-0.15, -0.1) is 6.58 Å². The van der Waals surface area contributed by atoms with Crippen LogP contribution in [0.25, 0.3) is 0 Å². The molecular weight excluding hydrogens is 132 g/mol. The van der Waals surface area contributed by atoms with E-state index in [4.69, 9.17) is 0 Å². The maximum atomic E-state index is 3.93. The van der Waals surface area contributed by atoms with Crippen molar-refractivity contribution in [2.75, 3.05) is 0 Å². The Hall–Kier alpha value is -0.260. The van der Waals surface area contributed by atoms with Gasteiger partial charge in [0.05, 0.1) is 0 Å². The van der Waals surface area contributed by atoms with Crippen LogP contribution >= 0.6 is 0 Å². The molecule has 0 saturated heterocycles. The van der Waals surface area contributed by atoms with Crippen LogP contribution in [0.3, 0.4) is 0 Å². The second kappa shape index (κ2) is 5.40. The fourth-order valence-corrected chi connectivity index (χ4v) is 1.53. The predicted molar refractivity (Wildman–Crippen MR) is 52.7 cm³/mol. The van der Waals surface area contributed by atoms with E-state index in [2.05, 4.69) is 34.3 Å². The summed E-state index contributed by atoms with van der Waals surface area (Å²) in [5.41, 5.74) is 1.32. The monoisotopic (exact) mass is 154 g/mol. The summed E-state index contributed by atoms with van der Waals surface area (Å²) in [5.74, 6) is 1.70. The lowest BCUT2D eigenvalue weighted by Crippen LogP contribution is -2.02. The molecule has 11 heavy (non-hydrogen) atoms. The fraction of sp³-hybridized carbons (Fsp3) is 0.818. The van der Waals surface area contributed by atoms with E-state index in [9.17, 15) is 0 Å². The van der Waals surface area contributed by atoms with Gasteiger partial charge in [0.25, 0.3) is 0 Å². The summed E-state index contributed by atoms with van der Waals surface area (Å²) in [4.78, 5) is 0. The summed E-state index contributed by atoms with van der Waals surface area (Å²) in [6.07, 6.45) is 3.86. The van der Waals surface area contributed by atoms with Crippen LogP contribution in [0, 0.1) is 11.8 Å². The molecule has 0 heteroatoms. The van der Waals surface area contributed by atoms with Crippen molar-refractivity contribution >= 4 is 0 Å². The molecule has 0 aliphatic carbocycles. The van der Waals surface area contributed by atoms with E-state index in [0.29, 0.717) is 0 Å². The third-order valence-electron chi connectivity index (χ3n) is 2.20. The summed E-state index contributed by atoms with van der Waals surface area (Å²) >= 11 is 0. The molecule has 0 aromatic carbocycles. The molecule has 0 amide bonds. The third kappa shape index (κ3) is 6.15. The number of allylic oxidation sites excluding steroid dienone is 1. The lowest BCUT2D eigenvalue weighted by molar-refractivity contribution is 0.403. The van der Waals surface area contributed by atoms with E-state index in [0.717, 1.165) is 11.8 Å². The Bertz CT molecular complexity index is 113. The van der Waals surface area contributed by atoms with Gasteiger partial charge >= 0.3 is 0 Å². The van der Waals surface area contributed by atoms with Crippen molar-refractivity contribution in [1.29, 1.82) is 0 Å². The molecule has 0 rings (SSSR count). The molecule has 0 nitrogen and oxygen atoms in total. The van der Waals surface area contributed by atoms with Crippen LogP contribution in [0.2, 0.25) is 0 Å². The van der Waals surface area contributed by atoms with Crippen molar-refractivity contribution in [2.24, 2.45) is 11.8 Å². The highest BCUT2D eigenvalue weighted by Gasteiger charge is 2.06. The van der Waals surface area contributed by atoms with Crippen molar-refractivity contribution in [2.45, 2.75) is 47.0 Å². The van der Waals surface area contributed by atoms with Gasteiger partial charge in [-0.2, -0.15) is 0 Å². The molecule has 0 heterocycles. The molecule has 0 saturated carbocycles. The Morgan fingerprint density at radius 1 is 1.27 bits per heavy atom. The minimum absolute atomic E-state index is 0.822. The van der Waals surface area contributed by atoms with Gasteiger partial charge in [-0.1, -0.05) is 32.8 Å². The zero-order chi connectivity index (χ0) is 8.85. The van der Waals surface area contributed by atoms with Crippen LogP contribution in [0.15, 0.2) is 12.2 Å². The van der Waals surface area contributed by atoms with E-state index >= 15 is 0 Å². The van der Waals surface area contributed by atoms with Crippen LogP contribution in [-0.2, 0) is 0 Å². The van der Waals surface area contributed by atoms with Crippen molar-refractivity contribution in [3.63, 3.8) is 0 Å². The quantitative estimate of drug-likeness (QED) is 0.524. The summed E-state index contributed by atoms with van der Waals surface area (Å²) in [7, 11) is 0. The van der Waals surface area contributed by atoms with Crippen molar-refractivity contribution < 1.29 is 0 Å². The smallest absolute Gasteiger partial charge is 0.0300 e. The topological polar surface area (TPSA) is 0 Å². The van der Waals surface area contributed by atoms with Crippen molar-refractivity contribution in [1.82, 2.24) is 0 Å². The highest BCUT2D eigenvalue weighted by molar-refractivity contribution is 4.89. The summed E-state index contributed by atoms with van der Waals surface area (Å²) in [6.45, 7) is 13.0. The molecule has 0 aromatic heterocycles. The van der Waals surface area contributed by atoms with E-state index in [1.165, 1.54) is 24.8 Å². The minimum atomic E-state index is 0.822. The zero-order valence-electron chi connectivity index (χ0n) is 8.48. The Labute approximate surface area is 71.7 Å². The van der Waals surface area contributed by atoms with Crippen LogP contribution < -0.4 is 0 Å². The second-order valence-corrected chi connectivity index (χ2v) is 4.02. The molecule has 0 radical (unpaired) electrons. The van der Waals surface area contributed by atoms with Crippen LogP contribution in [0.5, 0.6) is 0 Å². The first kappa shape index (κ1) is 10.7. The van der Waals surface area contributed by atoms with Crippen LogP contribution in [0.1, 0.15) is 47.0 Å². The molecule has 0 N–H and O–H groups in total. The van der Waals surface area contributed by atoms with Crippen LogP contribution in [0.4, 0.5) is 0 Å².